The predicted molar refractivity (Wildman–Crippen MR) is 103 cm³/mol. The Hall–Kier alpha value is -2.05. The number of amides is 1. The topological polar surface area (TPSA) is 66.5 Å². The van der Waals surface area contributed by atoms with E-state index >= 15 is 0 Å². The van der Waals surface area contributed by atoms with Crippen molar-refractivity contribution < 1.29 is 13.2 Å². The molecule has 1 amide bonds. The summed E-state index contributed by atoms with van der Waals surface area (Å²) < 4.78 is 28.2. The summed E-state index contributed by atoms with van der Waals surface area (Å²) in [5, 5.41) is 0.0836. The van der Waals surface area contributed by atoms with Crippen molar-refractivity contribution in [2.45, 2.75) is 31.6 Å². The van der Waals surface area contributed by atoms with Crippen molar-refractivity contribution in [1.82, 2.24) is 4.90 Å². The number of carbonyl (C=O) groups is 1. The van der Waals surface area contributed by atoms with Gasteiger partial charge in [-0.3, -0.25) is 9.52 Å². The highest BCUT2D eigenvalue weighted by Crippen LogP contribution is 2.27. The smallest absolute Gasteiger partial charge is 0.263 e. The molecule has 0 radical (unpaired) electrons. The van der Waals surface area contributed by atoms with Crippen LogP contribution < -0.4 is 4.72 Å². The first kappa shape index (κ1) is 18.7. The Morgan fingerprint density at radius 1 is 1.08 bits per heavy atom. The van der Waals surface area contributed by atoms with Gasteiger partial charge >= 0.3 is 0 Å². The van der Waals surface area contributed by atoms with Crippen LogP contribution in [0.2, 0.25) is 5.02 Å². The van der Waals surface area contributed by atoms with Crippen molar-refractivity contribution in [2.75, 3.05) is 17.8 Å². The van der Waals surface area contributed by atoms with Gasteiger partial charge in [-0.1, -0.05) is 29.3 Å². The normalized spacial score (nSPS) is 14.5. The molecule has 0 aromatic heterocycles. The number of halogens is 1. The SMILES string of the molecule is Cc1ccc(NS(=O)(=O)c2cc(C(=O)N3CCCC3)ccc2Cl)c(C)c1. The van der Waals surface area contributed by atoms with Crippen LogP contribution in [0.3, 0.4) is 0 Å². The zero-order chi connectivity index (χ0) is 18.9. The van der Waals surface area contributed by atoms with Gasteiger partial charge in [0, 0.05) is 18.7 Å². The number of sulfonamides is 1. The van der Waals surface area contributed by atoms with E-state index in [0.717, 1.165) is 24.0 Å². The van der Waals surface area contributed by atoms with Gasteiger partial charge in [0.15, 0.2) is 0 Å². The molecule has 1 fully saturated rings. The lowest BCUT2D eigenvalue weighted by Crippen LogP contribution is -2.27. The zero-order valence-corrected chi connectivity index (χ0v) is 16.3. The fourth-order valence-electron chi connectivity index (χ4n) is 3.07. The molecule has 0 saturated carbocycles. The predicted octanol–water partition coefficient (Wildman–Crippen LogP) is 3.99. The van der Waals surface area contributed by atoms with Crippen molar-refractivity contribution >= 4 is 33.2 Å². The van der Waals surface area contributed by atoms with Crippen molar-refractivity contribution in [1.29, 1.82) is 0 Å². The molecular weight excluding hydrogens is 372 g/mol. The lowest BCUT2D eigenvalue weighted by Gasteiger charge is -2.17. The second kappa shape index (κ2) is 7.29. The van der Waals surface area contributed by atoms with Crippen LogP contribution in [0.5, 0.6) is 0 Å². The highest BCUT2D eigenvalue weighted by Gasteiger charge is 2.24. The van der Waals surface area contributed by atoms with Gasteiger partial charge in [-0.2, -0.15) is 0 Å². The van der Waals surface area contributed by atoms with Gasteiger partial charge in [-0.25, -0.2) is 8.42 Å². The largest absolute Gasteiger partial charge is 0.339 e. The van der Waals surface area contributed by atoms with E-state index in [-0.39, 0.29) is 15.8 Å². The lowest BCUT2D eigenvalue weighted by molar-refractivity contribution is 0.0792. The van der Waals surface area contributed by atoms with Crippen LogP contribution in [0.25, 0.3) is 0 Å². The number of aryl methyl sites for hydroxylation is 2. The number of carbonyl (C=O) groups excluding carboxylic acids is 1. The fourth-order valence-corrected chi connectivity index (χ4v) is 4.73. The number of nitrogens with one attached hydrogen (secondary N) is 1. The van der Waals surface area contributed by atoms with E-state index in [0.29, 0.717) is 24.3 Å². The summed E-state index contributed by atoms with van der Waals surface area (Å²) in [7, 11) is -3.91. The molecule has 0 atom stereocenters. The van der Waals surface area contributed by atoms with Gasteiger partial charge in [0.1, 0.15) is 4.90 Å². The molecule has 138 valence electrons. The number of hydrogen-bond donors (Lipinski definition) is 1. The van der Waals surface area contributed by atoms with Crippen molar-refractivity contribution in [3.63, 3.8) is 0 Å². The summed E-state index contributed by atoms with van der Waals surface area (Å²) >= 11 is 6.13. The van der Waals surface area contributed by atoms with Gasteiger partial charge < -0.3 is 4.90 Å². The van der Waals surface area contributed by atoms with Gasteiger partial charge in [-0.15, -0.1) is 0 Å². The van der Waals surface area contributed by atoms with Crippen LogP contribution >= 0.6 is 11.6 Å². The number of likely N-dealkylation sites (tertiary alicyclic amines) is 1. The van der Waals surface area contributed by atoms with Gasteiger partial charge in [-0.05, 0) is 56.5 Å². The number of rotatable bonds is 4. The second-order valence-electron chi connectivity index (χ2n) is 6.57. The van der Waals surface area contributed by atoms with Crippen LogP contribution in [0, 0.1) is 13.8 Å². The van der Waals surface area contributed by atoms with Gasteiger partial charge in [0.2, 0.25) is 0 Å². The Balaban J connectivity index is 1.93. The monoisotopic (exact) mass is 392 g/mol. The summed E-state index contributed by atoms with van der Waals surface area (Å²) in [5.74, 6) is -0.165. The van der Waals surface area contributed by atoms with E-state index in [1.807, 2.05) is 26.0 Å². The minimum atomic E-state index is -3.91. The molecule has 1 aliphatic rings. The Kier molecular flexibility index (Phi) is 5.25. The maximum absolute atomic E-state index is 12.8. The average molecular weight is 393 g/mol. The van der Waals surface area contributed by atoms with Gasteiger partial charge in [0.05, 0.1) is 10.7 Å². The molecule has 2 aromatic rings. The third-order valence-electron chi connectivity index (χ3n) is 4.49. The molecule has 1 saturated heterocycles. The summed E-state index contributed by atoms with van der Waals surface area (Å²) in [4.78, 5) is 14.2. The average Bonchev–Trinajstić information content (AvgIpc) is 3.11. The minimum Gasteiger partial charge on any atom is -0.339 e. The molecule has 0 spiro atoms. The summed E-state index contributed by atoms with van der Waals surface area (Å²) in [6, 6.07) is 9.83. The minimum absolute atomic E-state index is 0.0836. The molecule has 3 rings (SSSR count). The number of anilines is 1. The Morgan fingerprint density at radius 3 is 2.42 bits per heavy atom. The Morgan fingerprint density at radius 2 is 1.77 bits per heavy atom. The van der Waals surface area contributed by atoms with Gasteiger partial charge in [0.25, 0.3) is 15.9 Å². The van der Waals surface area contributed by atoms with Crippen LogP contribution in [-0.2, 0) is 10.0 Å². The molecule has 0 bridgehead atoms. The standard InChI is InChI=1S/C19H21ClN2O3S/c1-13-5-8-17(14(2)11-13)21-26(24,25)18-12-15(6-7-16(18)20)19(23)22-9-3-4-10-22/h5-8,11-12,21H,3-4,9-10H2,1-2H3. The highest BCUT2D eigenvalue weighted by molar-refractivity contribution is 7.92. The number of hydrogen-bond acceptors (Lipinski definition) is 3. The first-order valence-corrected chi connectivity index (χ1v) is 10.3. The summed E-state index contributed by atoms with van der Waals surface area (Å²) in [6.07, 6.45) is 1.94. The Labute approximate surface area is 159 Å². The molecule has 7 heteroatoms. The Bertz CT molecular complexity index is 951. The number of benzene rings is 2. The molecular formula is C19H21ClN2O3S. The third kappa shape index (κ3) is 3.86. The molecule has 1 aliphatic heterocycles. The first-order valence-electron chi connectivity index (χ1n) is 8.47. The van der Waals surface area contributed by atoms with E-state index in [2.05, 4.69) is 4.72 Å². The quantitative estimate of drug-likeness (QED) is 0.855. The van der Waals surface area contributed by atoms with Crippen LogP contribution in [0.1, 0.15) is 34.3 Å². The summed E-state index contributed by atoms with van der Waals surface area (Å²) in [5.41, 5.74) is 2.68. The summed E-state index contributed by atoms with van der Waals surface area (Å²) in [6.45, 7) is 5.17. The van der Waals surface area contributed by atoms with E-state index in [9.17, 15) is 13.2 Å². The van der Waals surface area contributed by atoms with Crippen LogP contribution in [-0.4, -0.2) is 32.3 Å². The number of nitrogens with zero attached hydrogens (tertiary/aromatic N) is 1. The van der Waals surface area contributed by atoms with Crippen molar-refractivity contribution in [2.24, 2.45) is 0 Å². The molecule has 0 unspecified atom stereocenters. The van der Waals surface area contributed by atoms with Crippen molar-refractivity contribution in [3.05, 3.63) is 58.1 Å². The first-order chi connectivity index (χ1) is 12.3. The molecule has 0 aliphatic carbocycles. The third-order valence-corrected chi connectivity index (χ3v) is 6.33. The van der Waals surface area contributed by atoms with E-state index < -0.39 is 10.0 Å². The van der Waals surface area contributed by atoms with Crippen molar-refractivity contribution in [3.8, 4) is 0 Å². The highest BCUT2D eigenvalue weighted by atomic mass is 35.5. The molecule has 1 N–H and O–H groups in total. The van der Waals surface area contributed by atoms with E-state index in [1.54, 1.807) is 17.0 Å². The van der Waals surface area contributed by atoms with E-state index in [1.165, 1.54) is 12.1 Å². The maximum Gasteiger partial charge on any atom is 0.263 e. The zero-order valence-electron chi connectivity index (χ0n) is 14.8. The lowest BCUT2D eigenvalue weighted by atomic mass is 10.1. The molecule has 1 heterocycles. The fraction of sp³-hybridized carbons (Fsp3) is 0.316. The maximum atomic E-state index is 12.8. The molecule has 5 nitrogen and oxygen atoms in total. The second-order valence-corrected chi connectivity index (χ2v) is 8.63. The van der Waals surface area contributed by atoms with E-state index in [4.69, 9.17) is 11.6 Å². The molecule has 26 heavy (non-hydrogen) atoms. The molecule has 2 aromatic carbocycles. The van der Waals surface area contributed by atoms with Crippen LogP contribution in [0.4, 0.5) is 5.69 Å². The van der Waals surface area contributed by atoms with Crippen LogP contribution in [0.15, 0.2) is 41.3 Å².